The average Bonchev–Trinajstić information content (AvgIpc) is 3.23. The molecule has 9 nitrogen and oxygen atoms in total. The number of imidazole rings is 1. The van der Waals surface area contributed by atoms with E-state index in [4.69, 9.17) is 9.97 Å². The SMILES string of the molecule is Cc1cccc(Nc2nc(Nc3ccn4ccnc4c3)cc(N3CCN(C)C(C)C3)n2)n1. The van der Waals surface area contributed by atoms with E-state index in [1.54, 1.807) is 6.20 Å². The number of nitrogens with zero attached hydrogens (tertiary/aromatic N) is 7. The first-order valence-corrected chi connectivity index (χ1v) is 10.8. The van der Waals surface area contributed by atoms with E-state index in [0.717, 1.165) is 48.3 Å². The maximum atomic E-state index is 4.81. The van der Waals surface area contributed by atoms with Gasteiger partial charge in [-0.3, -0.25) is 0 Å². The standard InChI is InChI=1S/C23H27N9/c1-16-5-4-6-19(25-16)27-23-28-20(26-18-7-9-31-10-8-24-21(31)13-18)14-22(29-23)32-12-11-30(3)17(2)15-32/h4-10,13-14,17H,11-12,15H2,1-3H3,(H2,25,26,27,28,29). The fraction of sp³-hybridized carbons (Fsp3) is 0.304. The minimum absolute atomic E-state index is 0.452. The third-order valence-electron chi connectivity index (χ3n) is 5.79. The Morgan fingerprint density at radius 3 is 2.72 bits per heavy atom. The van der Waals surface area contributed by atoms with Gasteiger partial charge in [0.15, 0.2) is 0 Å². The van der Waals surface area contributed by atoms with Crippen LogP contribution in [-0.4, -0.2) is 62.0 Å². The summed E-state index contributed by atoms with van der Waals surface area (Å²) in [5, 5.41) is 6.69. The number of nitrogens with one attached hydrogen (secondary N) is 2. The minimum Gasteiger partial charge on any atom is -0.354 e. The van der Waals surface area contributed by atoms with Crippen LogP contribution >= 0.6 is 0 Å². The molecule has 1 aliphatic rings. The number of aromatic nitrogens is 5. The van der Waals surface area contributed by atoms with Crippen molar-refractivity contribution in [2.24, 2.45) is 0 Å². The maximum absolute atomic E-state index is 4.81. The first-order valence-electron chi connectivity index (χ1n) is 10.8. The number of fused-ring (bicyclic) bond motifs is 1. The van der Waals surface area contributed by atoms with Crippen molar-refractivity contribution in [1.82, 2.24) is 29.2 Å². The van der Waals surface area contributed by atoms with Crippen LogP contribution in [0.4, 0.5) is 29.1 Å². The van der Waals surface area contributed by atoms with Crippen LogP contribution in [0.15, 0.2) is 55.0 Å². The van der Waals surface area contributed by atoms with E-state index in [-0.39, 0.29) is 0 Å². The summed E-state index contributed by atoms with van der Waals surface area (Å²) < 4.78 is 1.97. The van der Waals surface area contributed by atoms with Crippen molar-refractivity contribution in [2.45, 2.75) is 19.9 Å². The van der Waals surface area contributed by atoms with Gasteiger partial charge >= 0.3 is 0 Å². The quantitative estimate of drug-likeness (QED) is 0.499. The smallest absolute Gasteiger partial charge is 0.232 e. The Labute approximate surface area is 187 Å². The van der Waals surface area contributed by atoms with Gasteiger partial charge < -0.3 is 24.8 Å². The molecule has 0 bridgehead atoms. The maximum Gasteiger partial charge on any atom is 0.232 e. The molecule has 0 amide bonds. The molecule has 5 heterocycles. The Hall–Kier alpha value is -3.72. The topological polar surface area (TPSA) is 86.5 Å². The second-order valence-electron chi connectivity index (χ2n) is 8.23. The van der Waals surface area contributed by atoms with Crippen molar-refractivity contribution in [1.29, 1.82) is 0 Å². The van der Waals surface area contributed by atoms with Gasteiger partial charge in [-0.15, -0.1) is 0 Å². The fourth-order valence-electron chi connectivity index (χ4n) is 3.84. The molecule has 0 spiro atoms. The summed E-state index contributed by atoms with van der Waals surface area (Å²) in [5.41, 5.74) is 2.73. The third-order valence-corrected chi connectivity index (χ3v) is 5.79. The molecular weight excluding hydrogens is 402 g/mol. The predicted octanol–water partition coefficient (Wildman–Crippen LogP) is 3.46. The molecule has 2 N–H and O–H groups in total. The van der Waals surface area contributed by atoms with Gasteiger partial charge in [-0.2, -0.15) is 9.97 Å². The fourth-order valence-corrected chi connectivity index (χ4v) is 3.84. The van der Waals surface area contributed by atoms with Gasteiger partial charge in [0.25, 0.3) is 0 Å². The molecule has 1 fully saturated rings. The Kier molecular flexibility index (Phi) is 5.32. The molecule has 1 atom stereocenters. The highest BCUT2D eigenvalue weighted by molar-refractivity contribution is 5.65. The second-order valence-corrected chi connectivity index (χ2v) is 8.23. The summed E-state index contributed by atoms with van der Waals surface area (Å²) in [7, 11) is 2.16. The van der Waals surface area contributed by atoms with E-state index < -0.39 is 0 Å². The van der Waals surface area contributed by atoms with Crippen molar-refractivity contribution in [2.75, 3.05) is 42.2 Å². The normalized spacial score (nSPS) is 17.0. The molecule has 0 aliphatic carbocycles. The van der Waals surface area contributed by atoms with Gasteiger partial charge in [0.1, 0.15) is 23.1 Å². The largest absolute Gasteiger partial charge is 0.354 e. The van der Waals surface area contributed by atoms with Crippen LogP contribution in [0.3, 0.4) is 0 Å². The van der Waals surface area contributed by atoms with Crippen LogP contribution in [0.1, 0.15) is 12.6 Å². The third kappa shape index (κ3) is 4.33. The highest BCUT2D eigenvalue weighted by Gasteiger charge is 2.22. The van der Waals surface area contributed by atoms with Crippen LogP contribution in [0.5, 0.6) is 0 Å². The summed E-state index contributed by atoms with van der Waals surface area (Å²) in [6, 6.07) is 12.3. The highest BCUT2D eigenvalue weighted by Crippen LogP contribution is 2.25. The number of piperazine rings is 1. The second kappa shape index (κ2) is 8.43. The van der Waals surface area contributed by atoms with Gasteiger partial charge in [-0.1, -0.05) is 6.07 Å². The average molecular weight is 430 g/mol. The number of likely N-dealkylation sites (N-methyl/N-ethyl adjacent to an activating group) is 1. The molecule has 9 heteroatoms. The van der Waals surface area contributed by atoms with Gasteiger partial charge in [0.2, 0.25) is 5.95 Å². The molecule has 1 aliphatic heterocycles. The molecule has 0 radical (unpaired) electrons. The van der Waals surface area contributed by atoms with Crippen molar-refractivity contribution in [3.63, 3.8) is 0 Å². The molecule has 1 saturated heterocycles. The zero-order valence-corrected chi connectivity index (χ0v) is 18.5. The lowest BCUT2D eigenvalue weighted by molar-refractivity contribution is 0.233. The van der Waals surface area contributed by atoms with Crippen LogP contribution in [-0.2, 0) is 0 Å². The van der Waals surface area contributed by atoms with Crippen molar-refractivity contribution in [3.8, 4) is 0 Å². The van der Waals surface area contributed by atoms with E-state index in [0.29, 0.717) is 17.8 Å². The minimum atomic E-state index is 0.452. The van der Waals surface area contributed by atoms with Gasteiger partial charge in [0.05, 0.1) is 0 Å². The highest BCUT2D eigenvalue weighted by atomic mass is 15.3. The molecule has 5 rings (SSSR count). The van der Waals surface area contributed by atoms with Crippen molar-refractivity contribution >= 4 is 34.7 Å². The molecule has 32 heavy (non-hydrogen) atoms. The van der Waals surface area contributed by atoms with Crippen LogP contribution in [0.2, 0.25) is 0 Å². The Morgan fingerprint density at radius 1 is 0.969 bits per heavy atom. The summed E-state index contributed by atoms with van der Waals surface area (Å²) >= 11 is 0. The molecule has 0 aromatic carbocycles. The summed E-state index contributed by atoms with van der Waals surface area (Å²) in [5.74, 6) is 2.84. The van der Waals surface area contributed by atoms with E-state index in [1.165, 1.54) is 0 Å². The van der Waals surface area contributed by atoms with E-state index in [2.05, 4.69) is 44.4 Å². The first-order chi connectivity index (χ1) is 15.5. The Bertz CT molecular complexity index is 1240. The van der Waals surface area contributed by atoms with Crippen molar-refractivity contribution in [3.05, 3.63) is 60.7 Å². The van der Waals surface area contributed by atoms with Gasteiger partial charge in [0, 0.05) is 67.8 Å². The number of aryl methyl sites for hydroxylation is 1. The monoisotopic (exact) mass is 429 g/mol. The predicted molar refractivity (Wildman–Crippen MR) is 127 cm³/mol. The Morgan fingerprint density at radius 2 is 1.88 bits per heavy atom. The van der Waals surface area contributed by atoms with E-state index in [1.807, 2.05) is 60.1 Å². The van der Waals surface area contributed by atoms with Gasteiger partial charge in [-0.25, -0.2) is 9.97 Å². The number of rotatable bonds is 5. The molecule has 1 unspecified atom stereocenters. The Balaban J connectivity index is 1.47. The molecule has 0 saturated carbocycles. The summed E-state index contributed by atoms with van der Waals surface area (Å²) in [6.07, 6.45) is 5.69. The zero-order valence-electron chi connectivity index (χ0n) is 18.5. The van der Waals surface area contributed by atoms with Crippen LogP contribution < -0.4 is 15.5 Å². The van der Waals surface area contributed by atoms with Gasteiger partial charge in [-0.05, 0) is 39.1 Å². The molecule has 4 aromatic rings. The lowest BCUT2D eigenvalue weighted by Crippen LogP contribution is -2.50. The zero-order chi connectivity index (χ0) is 22.1. The number of anilines is 5. The number of hydrogen-bond donors (Lipinski definition) is 2. The summed E-state index contributed by atoms with van der Waals surface area (Å²) in [4.78, 5) is 23.1. The van der Waals surface area contributed by atoms with E-state index >= 15 is 0 Å². The molecular formula is C23H27N9. The lowest BCUT2D eigenvalue weighted by atomic mass is 10.2. The van der Waals surface area contributed by atoms with Crippen LogP contribution in [0, 0.1) is 6.92 Å². The molecule has 164 valence electrons. The number of hydrogen-bond acceptors (Lipinski definition) is 8. The lowest BCUT2D eigenvalue weighted by Gasteiger charge is -2.38. The number of pyridine rings is 2. The first kappa shape index (κ1) is 20.2. The van der Waals surface area contributed by atoms with Crippen LogP contribution in [0.25, 0.3) is 5.65 Å². The van der Waals surface area contributed by atoms with Crippen molar-refractivity contribution < 1.29 is 0 Å². The molecule has 4 aromatic heterocycles. The summed E-state index contributed by atoms with van der Waals surface area (Å²) in [6.45, 7) is 7.02. The van der Waals surface area contributed by atoms with E-state index in [9.17, 15) is 0 Å².